The van der Waals surface area contributed by atoms with Gasteiger partial charge in [-0.15, -0.1) is 0 Å². The topological polar surface area (TPSA) is 64.1 Å². The number of nitrogens with zero attached hydrogens (tertiary/aromatic N) is 3. The number of benzene rings is 1. The Bertz CT molecular complexity index is 823. The Kier molecular flexibility index (Phi) is 7.74. The highest BCUT2D eigenvalue weighted by atomic mass is 16.6. The molecule has 31 heavy (non-hydrogen) atoms. The second-order valence-corrected chi connectivity index (χ2v) is 8.69. The lowest BCUT2D eigenvalue weighted by atomic mass is 10.1. The highest BCUT2D eigenvalue weighted by Gasteiger charge is 2.25. The molecule has 0 atom stereocenters. The molecule has 0 aliphatic carbocycles. The summed E-state index contributed by atoms with van der Waals surface area (Å²) in [6.45, 7) is 10.3. The molecule has 0 radical (unpaired) electrons. The summed E-state index contributed by atoms with van der Waals surface area (Å²) in [5.41, 5.74) is 2.06. The zero-order valence-corrected chi connectivity index (χ0v) is 19.0. The summed E-state index contributed by atoms with van der Waals surface area (Å²) in [5.74, 6) is 1.32. The van der Waals surface area contributed by atoms with Gasteiger partial charge in [0.25, 0.3) is 0 Å². The molecule has 7 heteroatoms. The van der Waals surface area contributed by atoms with Crippen LogP contribution < -0.4 is 9.47 Å². The lowest BCUT2D eigenvalue weighted by Gasteiger charge is -2.35. The van der Waals surface area contributed by atoms with Gasteiger partial charge in [0.05, 0.1) is 19.9 Å². The number of piperazine rings is 1. The summed E-state index contributed by atoms with van der Waals surface area (Å²) in [6, 6.07) is 12.3. The molecule has 1 aliphatic rings. The minimum absolute atomic E-state index is 0.218. The summed E-state index contributed by atoms with van der Waals surface area (Å²) in [4.78, 5) is 20.5. The third-order valence-electron chi connectivity index (χ3n) is 5.03. The van der Waals surface area contributed by atoms with Crippen LogP contribution in [0, 0.1) is 0 Å². The largest absolute Gasteiger partial charge is 0.492 e. The Morgan fingerprint density at radius 3 is 2.26 bits per heavy atom. The van der Waals surface area contributed by atoms with Gasteiger partial charge in [-0.05, 0) is 38.0 Å². The number of rotatable bonds is 7. The van der Waals surface area contributed by atoms with Crippen molar-refractivity contribution < 1.29 is 19.0 Å². The molecule has 2 heterocycles. The predicted molar refractivity (Wildman–Crippen MR) is 120 cm³/mol. The molecule has 168 valence electrons. The van der Waals surface area contributed by atoms with E-state index in [0.29, 0.717) is 25.6 Å². The van der Waals surface area contributed by atoms with Crippen molar-refractivity contribution in [2.75, 3.05) is 39.9 Å². The van der Waals surface area contributed by atoms with Gasteiger partial charge >= 0.3 is 6.09 Å². The van der Waals surface area contributed by atoms with Gasteiger partial charge in [-0.25, -0.2) is 9.78 Å². The number of hydrogen-bond acceptors (Lipinski definition) is 6. The number of amides is 1. The van der Waals surface area contributed by atoms with E-state index in [1.165, 1.54) is 11.1 Å². The molecule has 1 fully saturated rings. The van der Waals surface area contributed by atoms with Gasteiger partial charge in [0, 0.05) is 45.2 Å². The summed E-state index contributed by atoms with van der Waals surface area (Å²) in [6.07, 6.45) is 2.29. The molecule has 1 aromatic heterocycles. The van der Waals surface area contributed by atoms with Gasteiger partial charge in [0.15, 0.2) is 0 Å². The SMILES string of the molecule is COc1ccc(OCCc2ccc(CN3CCN(C(=O)OC(C)(C)C)CC3)cc2)cn1. The van der Waals surface area contributed by atoms with Crippen LogP contribution >= 0.6 is 0 Å². The summed E-state index contributed by atoms with van der Waals surface area (Å²) in [7, 11) is 1.59. The first kappa shape index (κ1) is 22.9. The molecule has 1 saturated heterocycles. The number of carbonyl (C=O) groups is 1. The van der Waals surface area contributed by atoms with Gasteiger partial charge in [-0.1, -0.05) is 24.3 Å². The van der Waals surface area contributed by atoms with Gasteiger partial charge < -0.3 is 19.1 Å². The number of ether oxygens (including phenoxy) is 3. The first-order chi connectivity index (χ1) is 14.8. The van der Waals surface area contributed by atoms with E-state index in [4.69, 9.17) is 14.2 Å². The van der Waals surface area contributed by atoms with Crippen molar-refractivity contribution in [1.29, 1.82) is 0 Å². The average Bonchev–Trinajstić information content (AvgIpc) is 2.75. The van der Waals surface area contributed by atoms with E-state index in [2.05, 4.69) is 34.1 Å². The maximum absolute atomic E-state index is 12.2. The molecule has 1 amide bonds. The second kappa shape index (κ2) is 10.5. The van der Waals surface area contributed by atoms with E-state index >= 15 is 0 Å². The molecule has 0 saturated carbocycles. The van der Waals surface area contributed by atoms with Gasteiger partial charge in [0.2, 0.25) is 5.88 Å². The normalized spacial score (nSPS) is 14.9. The Morgan fingerprint density at radius 2 is 1.68 bits per heavy atom. The Morgan fingerprint density at radius 1 is 1.00 bits per heavy atom. The first-order valence-electron chi connectivity index (χ1n) is 10.7. The number of carbonyl (C=O) groups excluding carboxylic acids is 1. The van der Waals surface area contributed by atoms with E-state index in [0.717, 1.165) is 31.8 Å². The van der Waals surface area contributed by atoms with Gasteiger partial charge in [-0.2, -0.15) is 0 Å². The molecule has 2 aromatic rings. The molecular formula is C24H33N3O4. The molecule has 0 spiro atoms. The quantitative estimate of drug-likeness (QED) is 0.670. The fourth-order valence-corrected chi connectivity index (χ4v) is 3.34. The molecule has 1 aromatic carbocycles. The van der Waals surface area contributed by atoms with Crippen LogP contribution in [0.5, 0.6) is 11.6 Å². The third kappa shape index (κ3) is 7.43. The highest BCUT2D eigenvalue weighted by Crippen LogP contribution is 2.16. The van der Waals surface area contributed by atoms with Crippen LogP contribution in [-0.4, -0.2) is 66.4 Å². The standard InChI is InChI=1S/C24H33N3O4/c1-24(2,3)31-23(28)27-14-12-26(13-15-27)18-20-7-5-19(6-8-20)11-16-30-21-9-10-22(29-4)25-17-21/h5-10,17H,11-16,18H2,1-4H3. The molecule has 0 bridgehead atoms. The zero-order valence-electron chi connectivity index (χ0n) is 19.0. The lowest BCUT2D eigenvalue weighted by Crippen LogP contribution is -2.49. The molecule has 3 rings (SSSR count). The molecule has 7 nitrogen and oxygen atoms in total. The summed E-state index contributed by atoms with van der Waals surface area (Å²) < 4.78 is 16.3. The maximum atomic E-state index is 12.2. The molecule has 0 unspecified atom stereocenters. The fourth-order valence-electron chi connectivity index (χ4n) is 3.34. The maximum Gasteiger partial charge on any atom is 0.410 e. The number of pyridine rings is 1. The summed E-state index contributed by atoms with van der Waals surface area (Å²) >= 11 is 0. The molecule has 0 N–H and O–H groups in total. The van der Waals surface area contributed by atoms with E-state index in [9.17, 15) is 4.79 Å². The highest BCUT2D eigenvalue weighted by molar-refractivity contribution is 5.68. The van der Waals surface area contributed by atoms with Crippen LogP contribution in [0.15, 0.2) is 42.6 Å². The van der Waals surface area contributed by atoms with E-state index in [-0.39, 0.29) is 6.09 Å². The molecule has 1 aliphatic heterocycles. The van der Waals surface area contributed by atoms with Crippen molar-refractivity contribution in [3.63, 3.8) is 0 Å². The van der Waals surface area contributed by atoms with Crippen LogP contribution in [0.25, 0.3) is 0 Å². The van der Waals surface area contributed by atoms with Crippen LogP contribution in [0.3, 0.4) is 0 Å². The first-order valence-corrected chi connectivity index (χ1v) is 10.7. The van der Waals surface area contributed by atoms with Crippen molar-refractivity contribution in [3.05, 3.63) is 53.7 Å². The number of methoxy groups -OCH3 is 1. The van der Waals surface area contributed by atoms with Crippen molar-refractivity contribution in [1.82, 2.24) is 14.8 Å². The van der Waals surface area contributed by atoms with Crippen LogP contribution in [-0.2, 0) is 17.7 Å². The average molecular weight is 428 g/mol. The Hall–Kier alpha value is -2.80. The van der Waals surface area contributed by atoms with Crippen molar-refractivity contribution in [2.45, 2.75) is 39.3 Å². The Labute approximate surface area is 184 Å². The lowest BCUT2D eigenvalue weighted by molar-refractivity contribution is 0.0139. The van der Waals surface area contributed by atoms with Crippen LogP contribution in [0.4, 0.5) is 4.79 Å². The minimum Gasteiger partial charge on any atom is -0.492 e. The number of aromatic nitrogens is 1. The monoisotopic (exact) mass is 427 g/mol. The Balaban J connectivity index is 1.39. The van der Waals surface area contributed by atoms with Crippen molar-refractivity contribution in [2.24, 2.45) is 0 Å². The molecular weight excluding hydrogens is 394 g/mol. The zero-order chi connectivity index (χ0) is 22.3. The smallest absolute Gasteiger partial charge is 0.410 e. The van der Waals surface area contributed by atoms with E-state index in [1.54, 1.807) is 24.3 Å². The van der Waals surface area contributed by atoms with Crippen LogP contribution in [0.1, 0.15) is 31.9 Å². The van der Waals surface area contributed by atoms with Gasteiger partial charge in [-0.3, -0.25) is 4.90 Å². The van der Waals surface area contributed by atoms with Crippen molar-refractivity contribution in [3.8, 4) is 11.6 Å². The van der Waals surface area contributed by atoms with E-state index < -0.39 is 5.60 Å². The van der Waals surface area contributed by atoms with Crippen molar-refractivity contribution >= 4 is 6.09 Å². The fraction of sp³-hybridized carbons (Fsp3) is 0.500. The predicted octanol–water partition coefficient (Wildman–Crippen LogP) is 3.76. The summed E-state index contributed by atoms with van der Waals surface area (Å²) in [5, 5.41) is 0. The minimum atomic E-state index is -0.452. The second-order valence-electron chi connectivity index (χ2n) is 8.69. The third-order valence-corrected chi connectivity index (χ3v) is 5.03. The van der Waals surface area contributed by atoms with Crippen LogP contribution in [0.2, 0.25) is 0 Å². The van der Waals surface area contributed by atoms with Gasteiger partial charge in [0.1, 0.15) is 11.4 Å². The van der Waals surface area contributed by atoms with E-state index in [1.807, 2.05) is 26.8 Å². The number of hydrogen-bond donors (Lipinski definition) is 0.